The second-order valence-corrected chi connectivity index (χ2v) is 3.05. The molecule has 0 aliphatic heterocycles. The van der Waals surface area contributed by atoms with E-state index in [1.165, 1.54) is 18.2 Å². The number of halogens is 1. The summed E-state index contributed by atoms with van der Waals surface area (Å²) in [5, 5.41) is 15.6. The van der Waals surface area contributed by atoms with Crippen LogP contribution in [-0.4, -0.2) is 21.3 Å². The third-order valence-corrected chi connectivity index (χ3v) is 1.87. The molecular weight excluding hydrogens is 215 g/mol. The van der Waals surface area contributed by atoms with Crippen molar-refractivity contribution < 1.29 is 18.7 Å². The normalized spacial score (nSPS) is 10.3. The zero-order chi connectivity index (χ0) is 11.5. The Kier molecular flexibility index (Phi) is 2.63. The molecule has 0 atom stereocenters. The number of benzene rings is 1. The molecule has 0 aliphatic carbocycles. The molecule has 0 amide bonds. The summed E-state index contributed by atoms with van der Waals surface area (Å²) in [6.07, 6.45) is -0.374. The van der Waals surface area contributed by atoms with Crippen molar-refractivity contribution >= 4 is 5.97 Å². The van der Waals surface area contributed by atoms with E-state index in [0.29, 0.717) is 0 Å². The average Bonchev–Trinajstić information content (AvgIpc) is 2.66. The van der Waals surface area contributed by atoms with E-state index in [2.05, 4.69) is 10.2 Å². The van der Waals surface area contributed by atoms with Crippen LogP contribution in [0, 0.1) is 5.82 Å². The quantitative estimate of drug-likeness (QED) is 0.851. The summed E-state index contributed by atoms with van der Waals surface area (Å²) < 4.78 is 18.3. The van der Waals surface area contributed by atoms with Gasteiger partial charge in [-0.2, -0.15) is 0 Å². The van der Waals surface area contributed by atoms with Gasteiger partial charge in [-0.1, -0.05) is 12.1 Å². The van der Waals surface area contributed by atoms with Gasteiger partial charge in [0.05, 0.1) is 5.56 Å². The summed E-state index contributed by atoms with van der Waals surface area (Å²) in [5.41, 5.74) is 0.159. The fraction of sp³-hybridized carbons (Fsp3) is 0.100. The van der Waals surface area contributed by atoms with Gasteiger partial charge in [-0.05, 0) is 12.1 Å². The standard InChI is InChI=1S/C10H7FN2O3/c11-7-4-2-1-3-6(7)10-13-12-8(16-10)5-9(14)15/h1-4H,5H2,(H,14,15). The molecule has 2 rings (SSSR count). The van der Waals surface area contributed by atoms with Crippen LogP contribution in [0.2, 0.25) is 0 Å². The lowest BCUT2D eigenvalue weighted by atomic mass is 10.2. The van der Waals surface area contributed by atoms with E-state index in [1.54, 1.807) is 6.07 Å². The van der Waals surface area contributed by atoms with E-state index in [9.17, 15) is 9.18 Å². The highest BCUT2D eigenvalue weighted by atomic mass is 19.1. The molecule has 0 unspecified atom stereocenters. The lowest BCUT2D eigenvalue weighted by Crippen LogP contribution is -1.99. The summed E-state index contributed by atoms with van der Waals surface area (Å²) in [4.78, 5) is 10.4. The zero-order valence-corrected chi connectivity index (χ0v) is 8.05. The molecule has 1 aromatic carbocycles. The molecule has 0 radical (unpaired) electrons. The van der Waals surface area contributed by atoms with Gasteiger partial charge in [0.2, 0.25) is 5.89 Å². The smallest absolute Gasteiger partial charge is 0.312 e. The van der Waals surface area contributed by atoms with Crippen LogP contribution in [-0.2, 0) is 11.2 Å². The fourth-order valence-corrected chi connectivity index (χ4v) is 1.20. The van der Waals surface area contributed by atoms with Crippen molar-refractivity contribution in [2.45, 2.75) is 6.42 Å². The van der Waals surface area contributed by atoms with Gasteiger partial charge in [0.25, 0.3) is 5.89 Å². The largest absolute Gasteiger partial charge is 0.481 e. The second kappa shape index (κ2) is 4.09. The Morgan fingerprint density at radius 1 is 1.38 bits per heavy atom. The SMILES string of the molecule is O=C(O)Cc1nnc(-c2ccccc2F)o1. The molecule has 82 valence electrons. The summed E-state index contributed by atoms with van der Waals surface area (Å²) in [7, 11) is 0. The van der Waals surface area contributed by atoms with Crippen LogP contribution in [0.5, 0.6) is 0 Å². The number of rotatable bonds is 3. The van der Waals surface area contributed by atoms with Crippen LogP contribution >= 0.6 is 0 Å². The number of aliphatic carboxylic acids is 1. The molecule has 0 fully saturated rings. The van der Waals surface area contributed by atoms with Crippen molar-refractivity contribution in [3.05, 3.63) is 36.0 Å². The predicted octanol–water partition coefficient (Wildman–Crippen LogP) is 1.50. The third-order valence-electron chi connectivity index (χ3n) is 1.87. The number of hydrogen-bond acceptors (Lipinski definition) is 4. The number of nitrogens with zero attached hydrogens (tertiary/aromatic N) is 2. The number of hydrogen-bond donors (Lipinski definition) is 1. The van der Waals surface area contributed by atoms with Gasteiger partial charge in [0, 0.05) is 0 Å². The molecule has 0 bridgehead atoms. The van der Waals surface area contributed by atoms with Gasteiger partial charge >= 0.3 is 5.97 Å². The first-order chi connectivity index (χ1) is 7.66. The Balaban J connectivity index is 2.32. The van der Waals surface area contributed by atoms with E-state index in [4.69, 9.17) is 9.52 Å². The summed E-state index contributed by atoms with van der Waals surface area (Å²) in [6.45, 7) is 0. The van der Waals surface area contributed by atoms with Crippen molar-refractivity contribution in [3.63, 3.8) is 0 Å². The molecule has 0 saturated heterocycles. The van der Waals surface area contributed by atoms with Gasteiger partial charge in [-0.25, -0.2) is 4.39 Å². The zero-order valence-electron chi connectivity index (χ0n) is 8.05. The monoisotopic (exact) mass is 222 g/mol. The summed E-state index contributed by atoms with van der Waals surface area (Å²) in [5.74, 6) is -1.64. The first kappa shape index (κ1) is 10.3. The Hall–Kier alpha value is -2.24. The molecule has 6 heteroatoms. The maximum Gasteiger partial charge on any atom is 0.312 e. The highest BCUT2D eigenvalue weighted by Gasteiger charge is 2.13. The van der Waals surface area contributed by atoms with Crippen molar-refractivity contribution in [1.82, 2.24) is 10.2 Å². The second-order valence-electron chi connectivity index (χ2n) is 3.05. The van der Waals surface area contributed by atoms with Crippen LogP contribution in [0.1, 0.15) is 5.89 Å². The Bertz CT molecular complexity index is 524. The van der Waals surface area contributed by atoms with Gasteiger partial charge in [0.1, 0.15) is 12.2 Å². The van der Waals surface area contributed by atoms with Gasteiger partial charge in [-0.15, -0.1) is 10.2 Å². The maximum absolute atomic E-state index is 13.3. The summed E-state index contributed by atoms with van der Waals surface area (Å²) in [6, 6.07) is 5.90. The van der Waals surface area contributed by atoms with Gasteiger partial charge < -0.3 is 9.52 Å². The molecule has 1 N–H and O–H groups in total. The predicted molar refractivity (Wildman–Crippen MR) is 51.0 cm³/mol. The molecule has 16 heavy (non-hydrogen) atoms. The van der Waals surface area contributed by atoms with E-state index in [0.717, 1.165) is 0 Å². The van der Waals surface area contributed by atoms with Crippen molar-refractivity contribution in [2.75, 3.05) is 0 Å². The Labute approximate surface area is 89.5 Å². The minimum absolute atomic E-state index is 0.0191. The first-order valence-electron chi connectivity index (χ1n) is 4.46. The van der Waals surface area contributed by atoms with E-state index in [1.807, 2.05) is 0 Å². The molecule has 1 heterocycles. The minimum atomic E-state index is -1.08. The molecule has 5 nitrogen and oxygen atoms in total. The van der Waals surface area contributed by atoms with Gasteiger partial charge in [0.15, 0.2) is 0 Å². The molecule has 2 aromatic rings. The first-order valence-corrected chi connectivity index (χ1v) is 4.46. The third kappa shape index (κ3) is 2.05. The van der Waals surface area contributed by atoms with Crippen LogP contribution in [0.25, 0.3) is 11.5 Å². The molecule has 0 saturated carbocycles. The summed E-state index contributed by atoms with van der Waals surface area (Å²) >= 11 is 0. The molecule has 0 spiro atoms. The van der Waals surface area contributed by atoms with E-state index >= 15 is 0 Å². The van der Waals surface area contributed by atoms with Crippen LogP contribution < -0.4 is 0 Å². The maximum atomic E-state index is 13.3. The van der Waals surface area contributed by atoms with Crippen LogP contribution in [0.3, 0.4) is 0 Å². The molecule has 1 aromatic heterocycles. The number of carboxylic acid groups (broad SMARTS) is 1. The highest BCUT2D eigenvalue weighted by molar-refractivity contribution is 5.68. The minimum Gasteiger partial charge on any atom is -0.481 e. The lowest BCUT2D eigenvalue weighted by molar-refractivity contribution is -0.136. The average molecular weight is 222 g/mol. The fourth-order valence-electron chi connectivity index (χ4n) is 1.20. The van der Waals surface area contributed by atoms with Crippen molar-refractivity contribution in [1.29, 1.82) is 0 Å². The molecular formula is C10H7FN2O3. The lowest BCUT2D eigenvalue weighted by Gasteiger charge is -1.95. The Morgan fingerprint density at radius 2 is 2.12 bits per heavy atom. The van der Waals surface area contributed by atoms with Crippen molar-refractivity contribution in [2.24, 2.45) is 0 Å². The molecule has 0 aliphatic rings. The van der Waals surface area contributed by atoms with Gasteiger partial charge in [-0.3, -0.25) is 4.79 Å². The highest BCUT2D eigenvalue weighted by Crippen LogP contribution is 2.20. The van der Waals surface area contributed by atoms with Crippen LogP contribution in [0.15, 0.2) is 28.7 Å². The topological polar surface area (TPSA) is 76.2 Å². The number of aromatic nitrogens is 2. The van der Waals surface area contributed by atoms with Crippen LogP contribution in [0.4, 0.5) is 4.39 Å². The van der Waals surface area contributed by atoms with E-state index in [-0.39, 0.29) is 23.8 Å². The number of carbonyl (C=O) groups is 1. The van der Waals surface area contributed by atoms with E-state index < -0.39 is 11.8 Å². The Morgan fingerprint density at radius 3 is 2.81 bits per heavy atom. The van der Waals surface area contributed by atoms with Crippen molar-refractivity contribution in [3.8, 4) is 11.5 Å². The number of carboxylic acids is 1.